The first-order valence-corrected chi connectivity index (χ1v) is 21.3. The molecule has 420 valence electrons. The molecule has 18 unspecified atom stereocenters. The quantitative estimate of drug-likeness (QED) is 0.0654. The van der Waals surface area contributed by atoms with Gasteiger partial charge in [-0.1, -0.05) is 0 Å². The molecule has 6 rings (SSSR count). The molecule has 12 N–H and O–H groups in total. The van der Waals surface area contributed by atoms with Gasteiger partial charge >= 0.3 is 43.1 Å². The molecule has 0 bridgehead atoms. The number of cyclic esters (lactones) is 12. The van der Waals surface area contributed by atoms with Crippen molar-refractivity contribution < 1.29 is 161 Å². The average Bonchev–Trinajstić information content (AvgIpc) is 4.23. The molecule has 6 fully saturated rings. The van der Waals surface area contributed by atoms with E-state index in [4.69, 9.17) is 94.4 Å². The Kier molecular flexibility index (Phi) is 31.3. The van der Waals surface area contributed by atoms with Crippen molar-refractivity contribution in [2.24, 2.45) is 0 Å². The first-order valence-electron chi connectivity index (χ1n) is 21.3. The van der Waals surface area contributed by atoms with Gasteiger partial charge < -0.3 is 128 Å². The number of carbonyl (C=O) groups is 7. The minimum atomic E-state index is -1.28. The summed E-state index contributed by atoms with van der Waals surface area (Å²) < 4.78 is 64.5. The SMILES string of the molecule is CC(O)C(O)C(O)C(C)O.CC(O)C(O)C(O)CO.CC1OC(=O)OC1C1COC(=O)O1.CC1OC(=O)OC1C1OC(=O)OC1C.COC(=O)OC.O=C1OCC(C2COC(=O)O2)O1.OCC(O)C(O)CO. The van der Waals surface area contributed by atoms with Gasteiger partial charge in [0, 0.05) is 0 Å². The second-order valence-electron chi connectivity index (χ2n) is 15.2. The maximum absolute atomic E-state index is 10.8. The van der Waals surface area contributed by atoms with Crippen LogP contribution in [0.15, 0.2) is 0 Å². The molecule has 0 amide bonds. The van der Waals surface area contributed by atoms with E-state index in [9.17, 15) is 33.6 Å². The topological polar surface area (TPSA) is 491 Å². The predicted octanol–water partition coefficient (Wildman–Crippen LogP) is -4.02. The molecular weight excluding hydrogens is 996 g/mol. The molecule has 0 spiro atoms. The standard InChI is InChI=1S/C8H10O6.C7H8O6.C6H6O6.C6H14O4.C5H12O4.C4H10O4.C3H6O3/c1-3-5(13-7(9)11-3)6-4(2)12-8(10)14-6;1-3-5(13-7(9)11-3)4-2-10-6(8)12-4;7-5-9-1-3(11-5)4-2-10-6(8)12-4;1-3(7)5(9)6(10)4(2)8;1-3(7)5(9)4(8)2-6;5-1-3(7)4(8)2-6;1-5-3(4)6-2/h3-6H,1-2H3;3-5H,2H2,1H3;3-4H,1-2H2;3-10H,1-2H3;3-9H,2H2,1H3;3-8H,1-2H2;1-2H3. The highest BCUT2D eigenvalue weighted by Crippen LogP contribution is 2.27. The molecule has 33 heteroatoms. The van der Waals surface area contributed by atoms with Crippen molar-refractivity contribution in [1.82, 2.24) is 0 Å². The van der Waals surface area contributed by atoms with Crippen LogP contribution in [0.5, 0.6) is 0 Å². The molecule has 0 aliphatic carbocycles. The summed E-state index contributed by atoms with van der Waals surface area (Å²) >= 11 is 0. The van der Waals surface area contributed by atoms with E-state index in [1.165, 1.54) is 35.0 Å². The second-order valence-corrected chi connectivity index (χ2v) is 15.2. The summed E-state index contributed by atoms with van der Waals surface area (Å²) in [7, 11) is 2.51. The molecule has 0 aromatic rings. The van der Waals surface area contributed by atoms with Gasteiger partial charge in [-0.25, -0.2) is 33.6 Å². The van der Waals surface area contributed by atoms with E-state index in [2.05, 4.69) is 33.2 Å². The minimum absolute atomic E-state index is 0.102. The van der Waals surface area contributed by atoms with Crippen LogP contribution < -0.4 is 0 Å². The Morgan fingerprint density at radius 3 is 0.889 bits per heavy atom. The lowest BCUT2D eigenvalue weighted by Gasteiger charge is -2.21. The van der Waals surface area contributed by atoms with E-state index in [1.807, 2.05) is 0 Å². The molecule has 0 radical (unpaired) electrons. The van der Waals surface area contributed by atoms with Gasteiger partial charge in [-0.2, -0.15) is 0 Å². The molecular formula is C39H66O33. The van der Waals surface area contributed by atoms with Gasteiger partial charge in [0.2, 0.25) is 0 Å². The summed E-state index contributed by atoms with van der Waals surface area (Å²) in [5.41, 5.74) is 0. The zero-order valence-electron chi connectivity index (χ0n) is 40.1. The van der Waals surface area contributed by atoms with Gasteiger partial charge in [-0.3, -0.25) is 0 Å². The number of hydrogen-bond donors (Lipinski definition) is 12. The van der Waals surface area contributed by atoms with Gasteiger partial charge in [0.1, 0.15) is 74.8 Å². The summed E-state index contributed by atoms with van der Waals surface area (Å²) in [6.07, 6.45) is -20.2. The summed E-state index contributed by atoms with van der Waals surface area (Å²) in [4.78, 5) is 73.5. The normalized spacial score (nSPS) is 28.9. The van der Waals surface area contributed by atoms with Crippen LogP contribution >= 0.6 is 0 Å². The summed E-state index contributed by atoms with van der Waals surface area (Å²) in [6.45, 7) is 7.78. The smallest absolute Gasteiger partial charge is 0.438 e. The zero-order chi connectivity index (χ0) is 55.6. The maximum Gasteiger partial charge on any atom is 0.509 e. The lowest BCUT2D eigenvalue weighted by molar-refractivity contribution is -0.0947. The lowest BCUT2D eigenvalue weighted by Crippen LogP contribution is -2.41. The van der Waals surface area contributed by atoms with Gasteiger partial charge in [0.25, 0.3) is 0 Å². The highest BCUT2D eigenvalue weighted by molar-refractivity contribution is 5.66. The fraction of sp³-hybridized carbons (Fsp3) is 0.821. The van der Waals surface area contributed by atoms with E-state index in [1.54, 1.807) is 20.8 Å². The predicted molar refractivity (Wildman–Crippen MR) is 223 cm³/mol. The van der Waals surface area contributed by atoms with Crippen LogP contribution in [0.2, 0.25) is 0 Å². The Hall–Kier alpha value is -5.59. The Morgan fingerprint density at radius 2 is 0.708 bits per heavy atom. The third kappa shape index (κ3) is 24.2. The fourth-order valence-corrected chi connectivity index (χ4v) is 5.29. The van der Waals surface area contributed by atoms with Crippen LogP contribution in [0.4, 0.5) is 33.6 Å². The summed E-state index contributed by atoms with van der Waals surface area (Å²) in [6, 6.07) is 0. The van der Waals surface area contributed by atoms with Crippen molar-refractivity contribution in [3.63, 3.8) is 0 Å². The van der Waals surface area contributed by atoms with Crippen molar-refractivity contribution in [2.75, 3.05) is 53.9 Å². The molecule has 6 heterocycles. The monoisotopic (exact) mass is 1060 g/mol. The first kappa shape index (κ1) is 66.4. The van der Waals surface area contributed by atoms with Crippen LogP contribution in [0.25, 0.3) is 0 Å². The van der Waals surface area contributed by atoms with Crippen molar-refractivity contribution in [3.8, 4) is 0 Å². The first-order chi connectivity index (χ1) is 33.6. The number of rotatable bonds is 12. The van der Waals surface area contributed by atoms with Gasteiger partial charge in [-0.15, -0.1) is 0 Å². The van der Waals surface area contributed by atoms with Crippen LogP contribution in [-0.4, -0.2) is 268 Å². The van der Waals surface area contributed by atoms with Gasteiger partial charge in [0.05, 0.1) is 52.4 Å². The maximum atomic E-state index is 10.8. The number of aliphatic hydroxyl groups excluding tert-OH is 12. The van der Waals surface area contributed by atoms with E-state index in [-0.39, 0.29) is 19.8 Å². The van der Waals surface area contributed by atoms with E-state index in [0.717, 1.165) is 0 Å². The fourth-order valence-electron chi connectivity index (χ4n) is 5.29. The third-order valence-corrected chi connectivity index (χ3v) is 9.44. The Morgan fingerprint density at radius 1 is 0.431 bits per heavy atom. The molecule has 6 aliphatic rings. The Bertz CT molecular complexity index is 1550. The number of hydrogen-bond acceptors (Lipinski definition) is 33. The van der Waals surface area contributed by atoms with Crippen LogP contribution in [0.1, 0.15) is 41.5 Å². The molecule has 6 aliphatic heterocycles. The van der Waals surface area contributed by atoms with Crippen molar-refractivity contribution >= 4 is 43.1 Å². The third-order valence-electron chi connectivity index (χ3n) is 9.44. The summed E-state index contributed by atoms with van der Waals surface area (Å²) in [5, 5.41) is 103. The number of ether oxygens (including phenoxy) is 14. The highest BCUT2D eigenvalue weighted by Gasteiger charge is 2.49. The van der Waals surface area contributed by atoms with Gasteiger partial charge in [-0.05, 0) is 41.5 Å². The highest BCUT2D eigenvalue weighted by atomic mass is 16.8. The van der Waals surface area contributed by atoms with E-state index >= 15 is 0 Å². The largest absolute Gasteiger partial charge is 0.509 e. The van der Waals surface area contributed by atoms with Crippen molar-refractivity contribution in [3.05, 3.63) is 0 Å². The molecule has 18 atom stereocenters. The number of methoxy groups -OCH3 is 2. The van der Waals surface area contributed by atoms with E-state index < -0.39 is 173 Å². The van der Waals surface area contributed by atoms with Gasteiger partial charge in [0.15, 0.2) is 36.6 Å². The van der Waals surface area contributed by atoms with Crippen molar-refractivity contribution in [1.29, 1.82) is 0 Å². The molecule has 33 nitrogen and oxygen atoms in total. The number of aliphatic hydroxyl groups is 12. The molecule has 0 saturated carbocycles. The molecule has 72 heavy (non-hydrogen) atoms. The lowest BCUT2D eigenvalue weighted by atomic mass is 10.1. The minimum Gasteiger partial charge on any atom is -0.438 e. The van der Waals surface area contributed by atoms with Crippen LogP contribution in [0.3, 0.4) is 0 Å². The average molecular weight is 1060 g/mol. The molecule has 6 saturated heterocycles. The van der Waals surface area contributed by atoms with E-state index in [0.29, 0.717) is 0 Å². The number of carbonyl (C=O) groups excluding carboxylic acids is 7. The summed E-state index contributed by atoms with van der Waals surface area (Å²) in [5.74, 6) is 0. The van der Waals surface area contributed by atoms with Crippen LogP contribution in [-0.2, 0) is 66.3 Å². The second kappa shape index (κ2) is 33.9. The Labute approximate surface area is 409 Å². The van der Waals surface area contributed by atoms with Crippen molar-refractivity contribution in [2.45, 2.75) is 151 Å². The molecule has 0 aromatic carbocycles. The molecule has 0 aromatic heterocycles. The Balaban J connectivity index is 0.000000831. The zero-order valence-corrected chi connectivity index (χ0v) is 40.1. The van der Waals surface area contributed by atoms with Crippen LogP contribution in [0, 0.1) is 0 Å².